The number of fused-ring (bicyclic) bond motifs is 14. The van der Waals surface area contributed by atoms with Crippen LogP contribution in [0.2, 0.25) is 0 Å². The summed E-state index contributed by atoms with van der Waals surface area (Å²) < 4.78 is 11.8. The molecule has 0 radical (unpaired) electrons. The summed E-state index contributed by atoms with van der Waals surface area (Å²) in [5.74, 6) is 9.15. The Morgan fingerprint density at radius 2 is 0.568 bits per heavy atom. The van der Waals surface area contributed by atoms with Crippen LogP contribution in [0.1, 0.15) is 127 Å². The third-order valence-electron chi connectivity index (χ3n) is 29.6. The second-order valence-electron chi connectivity index (χ2n) is 39.1. The fourth-order valence-electron chi connectivity index (χ4n) is 21.2. The second-order valence-corrected chi connectivity index (χ2v) is 39.1. The van der Waals surface area contributed by atoms with Crippen molar-refractivity contribution in [2.45, 2.75) is 194 Å². The highest BCUT2D eigenvalue weighted by Gasteiger charge is 2.31. The van der Waals surface area contributed by atoms with Gasteiger partial charge in [-0.1, -0.05) is 0 Å². The lowest BCUT2D eigenvalue weighted by Crippen LogP contribution is -2.29. The van der Waals surface area contributed by atoms with Crippen LogP contribution >= 0.6 is 0 Å². The van der Waals surface area contributed by atoms with Crippen molar-refractivity contribution >= 4 is 125 Å². The van der Waals surface area contributed by atoms with Gasteiger partial charge < -0.3 is 83.6 Å². The monoisotopic (exact) mass is 1950 g/mol. The Morgan fingerprint density at radius 1 is 0.308 bits per heavy atom. The van der Waals surface area contributed by atoms with Crippen molar-refractivity contribution in [1.29, 1.82) is 0 Å². The zero-order valence-corrected chi connectivity index (χ0v) is 81.7. The number of hydrogen-bond donors (Lipinski definition) is 12. The molecule has 40 heteroatoms. The number of rotatable bonds is 12. The Labute approximate surface area is 837 Å². The number of aromatic nitrogens is 24. The number of likely N-dealkylation sites (N-methyl/N-ethyl adjacent to an activating group) is 2. The lowest BCUT2D eigenvalue weighted by atomic mass is 9.88. The molecule has 4 aliphatic carbocycles. The standard InChI is InChI=1S/2C27H27N9O.2C26H28N8O2/c2*1-15-19-11-18(37)2-3-22(19)30-12-20(15)23-8-16-9-24(31-13-21(16)27(28)32-23)33-25-10-17-4-6-35-7-5-29-26(35)14-36(17)34-25;2*1-14-18-10-17(35)3-4-21(18)28-11-19(14)22-7-15-8-23(29-12-20(15)26(27)30-22)31-24-9-16-5-6-33(2)25(36)13-34(16)32-24/h2*5,7-10,12-13,18,37H,2-4,6,11,14H2,1H3,(H2,28,32)(H,31,33,34);2*7-9,11-12,17,35H,3-6,10,13H2,1-2H3,(H2,27,30)(H,29,31,32)/t2*18-;2*17-/m1010/s1. The van der Waals surface area contributed by atoms with Crippen molar-refractivity contribution in [3.8, 4) is 45.0 Å². The van der Waals surface area contributed by atoms with Crippen LogP contribution < -0.4 is 44.2 Å². The van der Waals surface area contributed by atoms with Crippen LogP contribution in [0.15, 0.2) is 147 Å². The van der Waals surface area contributed by atoms with Crippen molar-refractivity contribution in [1.82, 2.24) is 128 Å². The molecule has 4 aliphatic heterocycles. The van der Waals surface area contributed by atoms with Gasteiger partial charge in [0.1, 0.15) is 71.3 Å². The molecule has 40 nitrogen and oxygen atoms in total. The number of nitrogens with one attached hydrogen (secondary N) is 4. The molecule has 146 heavy (non-hydrogen) atoms. The molecule has 0 unspecified atom stereocenters. The number of aryl methyl sites for hydroxylation is 8. The van der Waals surface area contributed by atoms with Crippen molar-refractivity contribution in [3.63, 3.8) is 0 Å². The summed E-state index contributed by atoms with van der Waals surface area (Å²) in [4.78, 5) is 92.2. The molecule has 0 bridgehead atoms. The molecule has 18 aromatic rings. The summed E-state index contributed by atoms with van der Waals surface area (Å²) in [5, 5.41) is 79.4. The van der Waals surface area contributed by atoms with Crippen LogP contribution in [-0.4, -0.2) is 212 Å². The minimum atomic E-state index is -0.334. The van der Waals surface area contributed by atoms with E-state index in [0.717, 1.165) is 292 Å². The number of nitrogens with zero attached hydrogens (tertiary/aromatic N) is 26. The first-order valence-corrected chi connectivity index (χ1v) is 49.5. The van der Waals surface area contributed by atoms with E-state index in [-0.39, 0.29) is 49.3 Å². The molecule has 22 heterocycles. The molecule has 26 rings (SSSR count). The van der Waals surface area contributed by atoms with E-state index >= 15 is 0 Å². The maximum Gasteiger partial charge on any atom is 0.244 e. The molecule has 16 N–H and O–H groups in total. The third kappa shape index (κ3) is 18.5. The fraction of sp³-hybridized carbons (Fsp3) is 0.321. The average Bonchev–Trinajstić information content (AvgIpc) is 1.70. The maximum atomic E-state index is 12.2. The Bertz CT molecular complexity index is 7780. The van der Waals surface area contributed by atoms with Crippen LogP contribution in [0.5, 0.6) is 0 Å². The average molecular weight is 1960 g/mol. The number of amides is 2. The predicted molar refractivity (Wildman–Crippen MR) is 555 cm³/mol. The number of aliphatic hydroxyl groups is 4. The van der Waals surface area contributed by atoms with Gasteiger partial charge in [0.05, 0.1) is 60.3 Å². The SMILES string of the molecule is Cc1c(-c2cc3cc(Nc4cc5n(n4)CC(=O)N(C)CC5)ncc3c(N)n2)cnc2c1C[C@@H](O)CC2.Cc1c(-c2cc3cc(Nc4cc5n(n4)CC(=O)N(C)CC5)ncc3c(N)n2)cnc2c1C[C@H](O)CC2.Cc1c(-c2cc3cc(Nc4cc5n(n4)Cc4nccn4CC5)ncc3c(N)n2)cnc2c1C[C@@H](O)CC2.Cc1c(-c2cc3cc(Nc4cc5n(n4)Cc4nccn4CC5)ncc3c(N)n2)cnc2c1C[C@H](O)CC2. The number of carbonyl (C=O) groups is 2. The zero-order chi connectivity index (χ0) is 100. The van der Waals surface area contributed by atoms with E-state index in [4.69, 9.17) is 33.1 Å². The predicted octanol–water partition coefficient (Wildman–Crippen LogP) is 11.1. The minimum Gasteiger partial charge on any atom is -0.393 e. The van der Waals surface area contributed by atoms with Gasteiger partial charge in [0.15, 0.2) is 23.3 Å². The van der Waals surface area contributed by atoms with E-state index in [1.807, 2.05) is 134 Å². The molecule has 4 atom stereocenters. The van der Waals surface area contributed by atoms with Gasteiger partial charge in [-0.05, 0) is 194 Å². The van der Waals surface area contributed by atoms with Gasteiger partial charge in [-0.25, -0.2) is 49.8 Å². The molecule has 0 saturated carbocycles. The second kappa shape index (κ2) is 38.2. The van der Waals surface area contributed by atoms with Crippen LogP contribution in [0, 0.1) is 27.7 Å². The summed E-state index contributed by atoms with van der Waals surface area (Å²) >= 11 is 0. The molecule has 740 valence electrons. The third-order valence-corrected chi connectivity index (χ3v) is 29.6. The highest BCUT2D eigenvalue weighted by Crippen LogP contribution is 2.41. The van der Waals surface area contributed by atoms with Crippen LogP contribution in [-0.2, 0) is 126 Å². The maximum absolute atomic E-state index is 12.2. The molecule has 8 aliphatic rings. The smallest absolute Gasteiger partial charge is 0.244 e. The first-order chi connectivity index (χ1) is 70.7. The Kier molecular flexibility index (Phi) is 24.3. The number of imidazole rings is 2. The van der Waals surface area contributed by atoms with Gasteiger partial charge >= 0.3 is 0 Å². The Balaban J connectivity index is 0.000000107. The van der Waals surface area contributed by atoms with Crippen molar-refractivity contribution in [2.24, 2.45) is 0 Å². The van der Waals surface area contributed by atoms with E-state index in [2.05, 4.69) is 150 Å². The molecular formula is C106H110N34O6. The van der Waals surface area contributed by atoms with E-state index in [1.165, 1.54) is 0 Å². The first-order valence-electron chi connectivity index (χ1n) is 49.5. The number of pyridine rings is 12. The molecule has 0 aromatic carbocycles. The van der Waals surface area contributed by atoms with Crippen LogP contribution in [0.3, 0.4) is 0 Å². The van der Waals surface area contributed by atoms with Crippen molar-refractivity contribution in [3.05, 3.63) is 249 Å². The molecular weight excluding hydrogens is 1850 g/mol. The molecule has 18 aromatic heterocycles. The van der Waals surface area contributed by atoms with Crippen LogP contribution in [0.4, 0.5) is 69.8 Å². The lowest BCUT2D eigenvalue weighted by Gasteiger charge is -2.23. The molecule has 0 spiro atoms. The van der Waals surface area contributed by atoms with Gasteiger partial charge in [0.25, 0.3) is 0 Å². The van der Waals surface area contributed by atoms with E-state index in [1.54, 1.807) is 44.0 Å². The van der Waals surface area contributed by atoms with Gasteiger partial charge in [0.2, 0.25) is 11.8 Å². The first kappa shape index (κ1) is 93.0. The number of nitrogen functional groups attached to an aromatic ring is 4. The van der Waals surface area contributed by atoms with Gasteiger partial charge in [-0.2, -0.15) is 20.4 Å². The topological polar surface area (TPSA) is 535 Å². The summed E-state index contributed by atoms with van der Waals surface area (Å²) in [5.41, 5.74) is 49.5. The van der Waals surface area contributed by atoms with Crippen molar-refractivity contribution < 1.29 is 30.0 Å². The quantitative estimate of drug-likeness (QED) is 0.0540. The highest BCUT2D eigenvalue weighted by atomic mass is 16.3. The number of carbonyl (C=O) groups excluding carboxylic acids is 2. The van der Waals surface area contributed by atoms with Crippen LogP contribution in [0.25, 0.3) is 88.1 Å². The Morgan fingerprint density at radius 3 is 0.842 bits per heavy atom. The zero-order valence-electron chi connectivity index (χ0n) is 81.7. The van der Waals surface area contributed by atoms with Gasteiger partial charge in [-0.3, -0.25) is 48.3 Å². The fourth-order valence-corrected chi connectivity index (χ4v) is 21.2. The largest absolute Gasteiger partial charge is 0.393 e. The number of nitrogens with two attached hydrogens (primary N) is 4. The number of anilines is 12. The lowest BCUT2D eigenvalue weighted by molar-refractivity contribution is -0.131. The van der Waals surface area contributed by atoms with E-state index in [9.17, 15) is 30.0 Å². The summed E-state index contributed by atoms with van der Waals surface area (Å²) in [7, 11) is 3.62. The number of aliphatic hydroxyl groups excluding tert-OH is 4. The van der Waals surface area contributed by atoms with E-state index in [0.29, 0.717) is 110 Å². The normalized spacial score (nSPS) is 17.1. The van der Waals surface area contributed by atoms with Gasteiger partial charge in [-0.15, -0.1) is 0 Å². The summed E-state index contributed by atoms with van der Waals surface area (Å²) in [6.07, 6.45) is 32.7. The molecule has 0 saturated heterocycles. The summed E-state index contributed by atoms with van der Waals surface area (Å²) in [6.45, 7) is 13.1. The Hall–Kier alpha value is -16.7. The van der Waals surface area contributed by atoms with E-state index < -0.39 is 0 Å². The molecule has 2 amide bonds. The van der Waals surface area contributed by atoms with Gasteiger partial charge in [0, 0.05) is 280 Å². The number of hydrogen-bond acceptors (Lipinski definition) is 32. The highest BCUT2D eigenvalue weighted by molar-refractivity contribution is 5.99. The van der Waals surface area contributed by atoms with Crippen molar-refractivity contribution in [2.75, 3.05) is 71.4 Å². The molecule has 0 fully saturated rings. The summed E-state index contributed by atoms with van der Waals surface area (Å²) in [6, 6.07) is 23.9. The minimum absolute atomic E-state index is 0.0456.